The van der Waals surface area contributed by atoms with E-state index in [1.807, 2.05) is 26.2 Å². The van der Waals surface area contributed by atoms with E-state index in [1.165, 1.54) is 11.3 Å². The second-order valence-corrected chi connectivity index (χ2v) is 11.4. The minimum Gasteiger partial charge on any atom is -0.497 e. The molecule has 0 bridgehead atoms. The van der Waals surface area contributed by atoms with Crippen molar-refractivity contribution in [1.29, 1.82) is 0 Å². The Labute approximate surface area is 180 Å². The first kappa shape index (κ1) is 20.0. The Morgan fingerprint density at radius 2 is 2.00 bits per heavy atom. The van der Waals surface area contributed by atoms with E-state index in [1.54, 1.807) is 28.9 Å². The maximum absolute atomic E-state index is 13.0. The van der Waals surface area contributed by atoms with Crippen molar-refractivity contribution >= 4 is 32.3 Å². The van der Waals surface area contributed by atoms with Gasteiger partial charge in [-0.05, 0) is 36.2 Å². The van der Waals surface area contributed by atoms with Crippen LogP contribution in [0, 0.1) is 0 Å². The molecule has 1 atom stereocenters. The summed E-state index contributed by atoms with van der Waals surface area (Å²) in [6.07, 6.45) is 0. The third-order valence-electron chi connectivity index (χ3n) is 6.60. The Kier molecular flexibility index (Phi) is 4.53. The molecule has 0 radical (unpaired) electrons. The number of aliphatic hydroxyl groups is 1. The van der Waals surface area contributed by atoms with Gasteiger partial charge in [0.25, 0.3) is 10.0 Å². The molecule has 1 aromatic carbocycles. The summed E-state index contributed by atoms with van der Waals surface area (Å²) >= 11 is 1.25. The third kappa shape index (κ3) is 2.63. The zero-order valence-corrected chi connectivity index (χ0v) is 18.8. The molecule has 3 aromatic rings. The van der Waals surface area contributed by atoms with Crippen LogP contribution in [0.25, 0.3) is 10.9 Å². The number of methoxy groups -OCH3 is 1. The Bertz CT molecular complexity index is 1210. The van der Waals surface area contributed by atoms with Crippen LogP contribution >= 0.6 is 11.3 Å². The summed E-state index contributed by atoms with van der Waals surface area (Å²) in [6, 6.07) is 9.32. The predicted molar refractivity (Wildman–Crippen MR) is 117 cm³/mol. The van der Waals surface area contributed by atoms with Crippen molar-refractivity contribution in [2.24, 2.45) is 7.05 Å². The number of sulfonamides is 1. The lowest BCUT2D eigenvalue weighted by molar-refractivity contribution is 0.0452. The van der Waals surface area contributed by atoms with Crippen LogP contribution in [0.3, 0.4) is 0 Å². The predicted octanol–water partition coefficient (Wildman–Crippen LogP) is 2.17. The summed E-state index contributed by atoms with van der Waals surface area (Å²) in [5, 5.41) is 13.0. The average molecular weight is 448 g/mol. The van der Waals surface area contributed by atoms with Crippen molar-refractivity contribution in [3.05, 3.63) is 47.0 Å². The maximum Gasteiger partial charge on any atom is 0.252 e. The molecule has 30 heavy (non-hydrogen) atoms. The molecule has 2 aliphatic rings. The molecule has 2 aromatic heterocycles. The molecule has 1 fully saturated rings. The first-order valence-electron chi connectivity index (χ1n) is 9.84. The number of benzene rings is 1. The smallest absolute Gasteiger partial charge is 0.252 e. The molecule has 0 amide bonds. The van der Waals surface area contributed by atoms with Gasteiger partial charge in [0.15, 0.2) is 0 Å². The van der Waals surface area contributed by atoms with Gasteiger partial charge >= 0.3 is 0 Å². The number of aliphatic hydroxyl groups excluding tert-OH is 1. The Balaban J connectivity index is 1.64. The van der Waals surface area contributed by atoms with Crippen LogP contribution < -0.4 is 4.74 Å². The molecular weight excluding hydrogens is 422 g/mol. The highest BCUT2D eigenvalue weighted by molar-refractivity contribution is 7.91. The van der Waals surface area contributed by atoms with E-state index in [0.29, 0.717) is 23.8 Å². The summed E-state index contributed by atoms with van der Waals surface area (Å²) in [5.41, 5.74) is 2.96. The van der Waals surface area contributed by atoms with Gasteiger partial charge in [-0.15, -0.1) is 11.3 Å². The number of likely N-dealkylation sites (N-methyl/N-ethyl adjacent to an activating group) is 1. The van der Waals surface area contributed by atoms with Crippen LogP contribution in [-0.2, 0) is 22.5 Å². The minimum atomic E-state index is -3.47. The van der Waals surface area contributed by atoms with Crippen LogP contribution in [0.15, 0.2) is 39.9 Å². The van der Waals surface area contributed by atoms with Crippen molar-refractivity contribution in [2.45, 2.75) is 15.7 Å². The highest BCUT2D eigenvalue weighted by Crippen LogP contribution is 2.50. The number of fused-ring (bicyclic) bond motifs is 4. The third-order valence-corrected chi connectivity index (χ3v) is 9.77. The van der Waals surface area contributed by atoms with Gasteiger partial charge in [-0.3, -0.25) is 4.90 Å². The molecule has 0 saturated carbocycles. The number of nitrogens with zero attached hydrogens (tertiary/aromatic N) is 3. The maximum atomic E-state index is 13.0. The Morgan fingerprint density at radius 3 is 2.63 bits per heavy atom. The highest BCUT2D eigenvalue weighted by atomic mass is 32.2. The van der Waals surface area contributed by atoms with E-state index >= 15 is 0 Å². The van der Waals surface area contributed by atoms with E-state index in [4.69, 9.17) is 4.74 Å². The van der Waals surface area contributed by atoms with Crippen molar-refractivity contribution in [3.8, 4) is 5.75 Å². The van der Waals surface area contributed by atoms with Crippen molar-refractivity contribution in [1.82, 2.24) is 13.8 Å². The van der Waals surface area contributed by atoms with Crippen molar-refractivity contribution in [3.63, 3.8) is 0 Å². The average Bonchev–Trinajstić information content (AvgIpc) is 3.34. The lowest BCUT2D eigenvalue weighted by Crippen LogP contribution is -2.67. The quantitative estimate of drug-likeness (QED) is 0.664. The van der Waals surface area contributed by atoms with Gasteiger partial charge in [0, 0.05) is 49.2 Å². The zero-order chi connectivity index (χ0) is 21.3. The number of aromatic nitrogens is 1. The largest absolute Gasteiger partial charge is 0.497 e. The first-order chi connectivity index (χ1) is 14.3. The number of rotatable bonds is 4. The molecule has 0 aliphatic carbocycles. The molecular formula is C21H25N3O4S2. The molecule has 1 saturated heterocycles. The number of hydrogen-bond acceptors (Lipinski definition) is 6. The van der Waals surface area contributed by atoms with Gasteiger partial charge in [-0.25, -0.2) is 8.42 Å². The fourth-order valence-electron chi connectivity index (χ4n) is 5.21. The number of aryl methyl sites for hydroxylation is 1. The van der Waals surface area contributed by atoms with Gasteiger partial charge < -0.3 is 14.4 Å². The summed E-state index contributed by atoms with van der Waals surface area (Å²) in [6.45, 7) is 1.59. The molecule has 7 nitrogen and oxygen atoms in total. The lowest BCUT2D eigenvalue weighted by atomic mass is 9.70. The van der Waals surface area contributed by atoms with Gasteiger partial charge in [-0.2, -0.15) is 4.31 Å². The van der Waals surface area contributed by atoms with Crippen LogP contribution in [0.1, 0.15) is 17.3 Å². The Morgan fingerprint density at radius 1 is 1.23 bits per heavy atom. The van der Waals surface area contributed by atoms with Gasteiger partial charge in [0.1, 0.15) is 9.96 Å². The van der Waals surface area contributed by atoms with Crippen LogP contribution in [0.5, 0.6) is 5.75 Å². The fraction of sp³-hybridized carbons (Fsp3) is 0.429. The summed E-state index contributed by atoms with van der Waals surface area (Å²) < 4.78 is 35.6. The number of hydrogen-bond donors (Lipinski definition) is 1. The van der Waals surface area contributed by atoms with Crippen molar-refractivity contribution in [2.75, 3.05) is 40.4 Å². The Hall–Kier alpha value is -1.91. The molecule has 5 rings (SSSR count). The van der Waals surface area contributed by atoms with E-state index in [-0.39, 0.29) is 18.1 Å². The van der Waals surface area contributed by atoms with Gasteiger partial charge in [-0.1, -0.05) is 6.07 Å². The van der Waals surface area contributed by atoms with E-state index < -0.39 is 10.0 Å². The van der Waals surface area contributed by atoms with Crippen LogP contribution in [0.4, 0.5) is 0 Å². The number of ether oxygens (including phenoxy) is 1. The monoisotopic (exact) mass is 447 g/mol. The summed E-state index contributed by atoms with van der Waals surface area (Å²) in [7, 11) is 2.18. The topological polar surface area (TPSA) is 75.0 Å². The number of thiophene rings is 1. The summed E-state index contributed by atoms with van der Waals surface area (Å²) in [4.78, 5) is 2.15. The second-order valence-electron chi connectivity index (χ2n) is 8.30. The van der Waals surface area contributed by atoms with E-state index in [0.717, 1.165) is 27.9 Å². The molecule has 1 spiro atoms. The van der Waals surface area contributed by atoms with Crippen LogP contribution in [0.2, 0.25) is 0 Å². The molecule has 4 heterocycles. The van der Waals surface area contributed by atoms with E-state index in [9.17, 15) is 13.5 Å². The van der Waals surface area contributed by atoms with Crippen molar-refractivity contribution < 1.29 is 18.3 Å². The first-order valence-corrected chi connectivity index (χ1v) is 12.2. The highest BCUT2D eigenvalue weighted by Gasteiger charge is 2.55. The van der Waals surface area contributed by atoms with E-state index in [2.05, 4.69) is 15.5 Å². The molecule has 1 N–H and O–H groups in total. The normalized spacial score (nSPS) is 21.7. The standard InChI is InChI=1S/C21H25N3O4S2/c1-22-11-21(12-24(13-21)30(26,27)18-5-4-8-29-18)19-15-7-6-14(28-3)9-16(15)23(2)20(19)17(22)10-25/h4-9,17,25H,10-13H2,1-3H3/t17-/m0/s1. The van der Waals surface area contributed by atoms with Gasteiger partial charge in [0.2, 0.25) is 0 Å². The lowest BCUT2D eigenvalue weighted by Gasteiger charge is -2.54. The second kappa shape index (κ2) is 6.80. The van der Waals surface area contributed by atoms with Crippen LogP contribution in [-0.4, -0.2) is 67.7 Å². The molecule has 160 valence electrons. The SMILES string of the molecule is COc1ccc2c3c(n(C)c2c1)[C@H](CO)N(C)CC31CN(S(=O)(=O)c2cccs2)C1. The zero-order valence-electron chi connectivity index (χ0n) is 17.2. The molecule has 2 aliphatic heterocycles. The fourth-order valence-corrected chi connectivity index (χ4v) is 7.96. The summed E-state index contributed by atoms with van der Waals surface area (Å²) in [5.74, 6) is 0.777. The molecule has 9 heteroatoms. The minimum absolute atomic E-state index is 0.0120. The van der Waals surface area contributed by atoms with Gasteiger partial charge in [0.05, 0.1) is 25.3 Å². The molecule has 0 unspecified atom stereocenters.